The van der Waals surface area contributed by atoms with Gasteiger partial charge >= 0.3 is 29.8 Å². The Morgan fingerprint density at radius 2 is 1.54 bits per heavy atom. The molecule has 1 spiro atoms. The molecule has 226 valence electrons. The van der Waals surface area contributed by atoms with E-state index < -0.39 is 94.2 Å². The first-order chi connectivity index (χ1) is 19.0. The molecular weight excluding hydrogens is 564 g/mol. The van der Waals surface area contributed by atoms with Gasteiger partial charge in [-0.1, -0.05) is 19.6 Å². The summed E-state index contributed by atoms with van der Waals surface area (Å²) in [5, 5.41) is 11.3. The first-order valence-corrected chi connectivity index (χ1v) is 13.7. The fourth-order valence-electron chi connectivity index (χ4n) is 6.87. The third kappa shape index (κ3) is 5.14. The van der Waals surface area contributed by atoms with Crippen LogP contribution in [0.3, 0.4) is 0 Å². The summed E-state index contributed by atoms with van der Waals surface area (Å²) >= 11 is 6.73. The van der Waals surface area contributed by atoms with E-state index in [0.29, 0.717) is 0 Å². The van der Waals surface area contributed by atoms with Crippen molar-refractivity contribution in [3.8, 4) is 0 Å². The maximum absolute atomic E-state index is 13.0. The van der Waals surface area contributed by atoms with Crippen molar-refractivity contribution >= 4 is 41.4 Å². The number of ether oxygens (including phenoxy) is 6. The molecule has 41 heavy (non-hydrogen) atoms. The topological polar surface area (TPSA) is 164 Å². The molecule has 13 heteroatoms. The van der Waals surface area contributed by atoms with Crippen molar-refractivity contribution in [3.63, 3.8) is 0 Å². The van der Waals surface area contributed by atoms with Crippen LogP contribution in [0.15, 0.2) is 24.3 Å². The van der Waals surface area contributed by atoms with E-state index in [-0.39, 0.29) is 18.6 Å². The number of carbonyl (C=O) groups excluding carboxylic acids is 5. The van der Waals surface area contributed by atoms with Crippen LogP contribution in [-0.2, 0) is 52.4 Å². The van der Waals surface area contributed by atoms with Gasteiger partial charge in [0.05, 0.1) is 23.3 Å². The zero-order valence-electron chi connectivity index (χ0n) is 23.7. The SMILES string of the molecule is C=C1/C=C/[C@H](OC(C)=O)[C@@]2(C)[C@@H](OC(C)=O)[C@@H](OC(C)=O)C[C@]3(CO3)[C@@H]2[C@H](OC(C)=O)[C@]2(O)[C@@H](C)C(=O)O[C@H]2[C@H]1Cl. The van der Waals surface area contributed by atoms with Crippen molar-refractivity contribution in [3.05, 3.63) is 24.3 Å². The Balaban J connectivity index is 2.09. The molecular formula is C28H35ClO12. The molecule has 2 saturated heterocycles. The molecule has 2 aliphatic carbocycles. The Hall–Kier alpha value is -2.96. The van der Waals surface area contributed by atoms with E-state index in [1.807, 2.05) is 0 Å². The minimum absolute atomic E-state index is 0.0278. The highest BCUT2D eigenvalue weighted by atomic mass is 35.5. The zero-order valence-corrected chi connectivity index (χ0v) is 24.5. The number of fused-ring (bicyclic) bond motifs is 3. The minimum Gasteiger partial charge on any atom is -0.459 e. The molecule has 2 aliphatic heterocycles. The second-order valence-electron chi connectivity index (χ2n) is 11.4. The molecule has 0 radical (unpaired) electrons. The molecule has 0 aromatic carbocycles. The van der Waals surface area contributed by atoms with E-state index >= 15 is 0 Å². The van der Waals surface area contributed by atoms with Gasteiger partial charge in [0.15, 0.2) is 11.7 Å². The van der Waals surface area contributed by atoms with Crippen molar-refractivity contribution in [1.29, 1.82) is 0 Å². The Kier molecular flexibility index (Phi) is 8.09. The van der Waals surface area contributed by atoms with Gasteiger partial charge in [-0.05, 0) is 18.6 Å². The summed E-state index contributed by atoms with van der Waals surface area (Å²) in [6, 6.07) is 0. The fourth-order valence-corrected chi connectivity index (χ4v) is 7.19. The summed E-state index contributed by atoms with van der Waals surface area (Å²) in [5.74, 6) is -6.07. The van der Waals surface area contributed by atoms with Crippen LogP contribution in [0.5, 0.6) is 0 Å². The van der Waals surface area contributed by atoms with Gasteiger partial charge in [0, 0.05) is 40.0 Å². The van der Waals surface area contributed by atoms with E-state index in [2.05, 4.69) is 6.58 Å². The van der Waals surface area contributed by atoms with E-state index in [0.717, 1.165) is 13.8 Å². The van der Waals surface area contributed by atoms with E-state index in [1.165, 1.54) is 32.9 Å². The van der Waals surface area contributed by atoms with Crippen molar-refractivity contribution < 1.29 is 57.5 Å². The first-order valence-electron chi connectivity index (χ1n) is 13.3. The molecule has 12 nitrogen and oxygen atoms in total. The van der Waals surface area contributed by atoms with Crippen LogP contribution in [0.2, 0.25) is 0 Å². The molecule has 1 saturated carbocycles. The van der Waals surface area contributed by atoms with Gasteiger partial charge in [-0.15, -0.1) is 11.6 Å². The summed E-state index contributed by atoms with van der Waals surface area (Å²) in [4.78, 5) is 62.8. The van der Waals surface area contributed by atoms with Crippen molar-refractivity contribution in [2.24, 2.45) is 17.3 Å². The maximum Gasteiger partial charge on any atom is 0.312 e. The van der Waals surface area contributed by atoms with Gasteiger partial charge in [0.1, 0.15) is 30.0 Å². The Labute approximate surface area is 242 Å². The van der Waals surface area contributed by atoms with Gasteiger partial charge in [-0.3, -0.25) is 24.0 Å². The summed E-state index contributed by atoms with van der Waals surface area (Å²) < 4.78 is 34.7. The predicted octanol–water partition coefficient (Wildman–Crippen LogP) is 1.53. The highest BCUT2D eigenvalue weighted by molar-refractivity contribution is 6.23. The molecule has 0 unspecified atom stereocenters. The maximum atomic E-state index is 13.0. The van der Waals surface area contributed by atoms with Gasteiger partial charge in [0.2, 0.25) is 0 Å². The standard InChI is InChI=1S/C28H35ClO12/c1-12-8-9-19(38-15(4)31)26(7)21(27(11-36-27)10-18(37-14(3)30)22(26)39-16(5)32)24(40-17(6)33)28(35)13(2)25(34)41-23(28)20(12)29/h8-9,13,18-24,35H,1,10-11H2,2-7H3/b9-8+/t13-,18-,19-,20-,21+,22-,23-,24-,26+,27-,28-/m0/s1. The lowest BCUT2D eigenvalue weighted by atomic mass is 9.52. The molecule has 2 heterocycles. The lowest BCUT2D eigenvalue weighted by molar-refractivity contribution is -0.257. The summed E-state index contributed by atoms with van der Waals surface area (Å²) in [7, 11) is 0. The second kappa shape index (κ2) is 10.7. The quantitative estimate of drug-likeness (QED) is 0.215. The normalized spacial score (nSPS) is 44.0. The Morgan fingerprint density at radius 3 is 2.05 bits per heavy atom. The molecule has 11 atom stereocenters. The van der Waals surface area contributed by atoms with E-state index in [1.54, 1.807) is 6.92 Å². The average molecular weight is 599 g/mol. The molecule has 0 aromatic heterocycles. The molecule has 1 N–H and O–H groups in total. The number of aliphatic hydroxyl groups is 1. The lowest BCUT2D eigenvalue weighted by Gasteiger charge is -2.57. The van der Waals surface area contributed by atoms with Crippen LogP contribution in [0.4, 0.5) is 0 Å². The van der Waals surface area contributed by atoms with Crippen LogP contribution >= 0.6 is 11.6 Å². The molecule has 0 bridgehead atoms. The van der Waals surface area contributed by atoms with E-state index in [4.69, 9.17) is 40.0 Å². The molecule has 3 fully saturated rings. The molecule has 4 aliphatic rings. The highest BCUT2D eigenvalue weighted by Crippen LogP contribution is 2.62. The third-order valence-electron chi connectivity index (χ3n) is 8.67. The summed E-state index contributed by atoms with van der Waals surface area (Å²) in [6.45, 7) is 11.7. The van der Waals surface area contributed by atoms with Crippen LogP contribution in [0.25, 0.3) is 0 Å². The number of carbonyl (C=O) groups is 5. The summed E-state index contributed by atoms with van der Waals surface area (Å²) in [5.41, 5.74) is -4.90. The average Bonchev–Trinajstić information content (AvgIpc) is 3.57. The van der Waals surface area contributed by atoms with Crippen LogP contribution in [0, 0.1) is 17.3 Å². The second-order valence-corrected chi connectivity index (χ2v) is 11.9. The largest absolute Gasteiger partial charge is 0.459 e. The van der Waals surface area contributed by atoms with Crippen molar-refractivity contribution in [1.82, 2.24) is 0 Å². The Morgan fingerprint density at radius 1 is 1.00 bits per heavy atom. The third-order valence-corrected chi connectivity index (χ3v) is 9.18. The molecule has 0 amide bonds. The first kappa shape index (κ1) is 31.0. The fraction of sp³-hybridized carbons (Fsp3) is 0.679. The van der Waals surface area contributed by atoms with Crippen molar-refractivity contribution in [2.75, 3.05) is 6.61 Å². The number of hydrogen-bond donors (Lipinski definition) is 1. The van der Waals surface area contributed by atoms with Gasteiger partial charge in [-0.25, -0.2) is 0 Å². The zero-order chi connectivity index (χ0) is 30.7. The number of allylic oxidation sites excluding steroid dienone is 1. The number of epoxide rings is 1. The van der Waals surface area contributed by atoms with Crippen LogP contribution in [-0.4, -0.2) is 88.7 Å². The van der Waals surface area contributed by atoms with Gasteiger partial charge < -0.3 is 33.5 Å². The smallest absolute Gasteiger partial charge is 0.312 e. The van der Waals surface area contributed by atoms with E-state index in [9.17, 15) is 29.1 Å². The number of alkyl halides is 1. The number of rotatable bonds is 4. The van der Waals surface area contributed by atoms with Crippen LogP contribution < -0.4 is 0 Å². The number of halogens is 1. The molecule has 4 rings (SSSR count). The lowest BCUT2D eigenvalue weighted by Crippen LogP contribution is -2.72. The van der Waals surface area contributed by atoms with Crippen molar-refractivity contribution in [2.45, 2.75) is 95.1 Å². The molecule has 0 aromatic rings. The number of esters is 5. The van der Waals surface area contributed by atoms with Gasteiger partial charge in [0.25, 0.3) is 0 Å². The summed E-state index contributed by atoms with van der Waals surface area (Å²) in [6.07, 6.45) is -3.72. The van der Waals surface area contributed by atoms with Crippen LogP contribution in [0.1, 0.15) is 48.0 Å². The highest BCUT2D eigenvalue weighted by Gasteiger charge is 2.77. The minimum atomic E-state index is -2.25. The monoisotopic (exact) mass is 598 g/mol. The Bertz CT molecular complexity index is 1190. The number of hydrogen-bond acceptors (Lipinski definition) is 12. The van der Waals surface area contributed by atoms with Gasteiger partial charge in [-0.2, -0.15) is 0 Å². The predicted molar refractivity (Wildman–Crippen MR) is 139 cm³/mol.